The van der Waals surface area contributed by atoms with Crippen LogP contribution in [-0.4, -0.2) is 12.3 Å². The first-order valence-corrected chi connectivity index (χ1v) is 12.8. The van der Waals surface area contributed by atoms with Gasteiger partial charge in [0.05, 0.1) is 11.4 Å². The first kappa shape index (κ1) is 23.8. The van der Waals surface area contributed by atoms with Gasteiger partial charge in [0.2, 0.25) is 0 Å². The van der Waals surface area contributed by atoms with Crippen LogP contribution in [0.25, 0.3) is 5.70 Å². The average molecular weight is 481 g/mol. The van der Waals surface area contributed by atoms with Crippen molar-refractivity contribution < 1.29 is 4.39 Å². The van der Waals surface area contributed by atoms with Crippen molar-refractivity contribution in [2.75, 3.05) is 6.54 Å². The van der Waals surface area contributed by atoms with Gasteiger partial charge >= 0.3 is 0 Å². The smallest absolute Gasteiger partial charge is 0.123 e. The van der Waals surface area contributed by atoms with E-state index in [-0.39, 0.29) is 5.82 Å². The van der Waals surface area contributed by atoms with Crippen molar-refractivity contribution in [1.29, 1.82) is 0 Å². The van der Waals surface area contributed by atoms with Gasteiger partial charge in [-0.1, -0.05) is 48.8 Å². The highest BCUT2D eigenvalue weighted by molar-refractivity contribution is 7.99. The van der Waals surface area contributed by atoms with Gasteiger partial charge in [0.15, 0.2) is 0 Å². The molecule has 0 bridgehead atoms. The van der Waals surface area contributed by atoms with Gasteiger partial charge < -0.3 is 5.32 Å². The maximum absolute atomic E-state index is 14.2. The third-order valence-corrected chi connectivity index (χ3v) is 7.24. The Kier molecular flexibility index (Phi) is 7.77. The Bertz CT molecular complexity index is 1170. The maximum Gasteiger partial charge on any atom is 0.123 e. The summed E-state index contributed by atoms with van der Waals surface area (Å²) < 4.78 is 14.2. The summed E-state index contributed by atoms with van der Waals surface area (Å²) in [7, 11) is 0. The van der Waals surface area contributed by atoms with Crippen LogP contribution in [0.3, 0.4) is 0 Å². The highest BCUT2D eigenvalue weighted by Crippen LogP contribution is 2.43. The highest BCUT2D eigenvalue weighted by Gasteiger charge is 2.21. The van der Waals surface area contributed by atoms with Crippen molar-refractivity contribution >= 4 is 40.5 Å². The van der Waals surface area contributed by atoms with Gasteiger partial charge in [0.25, 0.3) is 0 Å². The van der Waals surface area contributed by atoms with Crippen LogP contribution in [0, 0.1) is 5.82 Å². The molecular weight excluding hydrogens is 451 g/mol. The molecule has 1 aliphatic heterocycles. The SMILES string of the molecule is CCCCNC(=C1CCC1)c1ccc2c(c1)N=C(/C(C)=C/C=C(\C)Cl)c1cc(F)ccc1S2. The predicted molar refractivity (Wildman–Crippen MR) is 140 cm³/mol. The lowest BCUT2D eigenvalue weighted by Gasteiger charge is -2.24. The quantitative estimate of drug-likeness (QED) is 0.316. The number of benzene rings is 2. The number of hydrogen-bond donors (Lipinski definition) is 1. The third-order valence-electron chi connectivity index (χ3n) is 5.98. The summed E-state index contributed by atoms with van der Waals surface area (Å²) in [6.07, 6.45) is 9.69. The zero-order chi connectivity index (χ0) is 23.4. The van der Waals surface area contributed by atoms with E-state index in [2.05, 4.69) is 30.4 Å². The van der Waals surface area contributed by atoms with Crippen LogP contribution >= 0.6 is 23.4 Å². The van der Waals surface area contributed by atoms with E-state index in [4.69, 9.17) is 16.6 Å². The molecule has 0 amide bonds. The predicted octanol–water partition coefficient (Wildman–Crippen LogP) is 8.78. The van der Waals surface area contributed by atoms with Crippen molar-refractivity contribution in [3.05, 3.63) is 81.7 Å². The molecule has 1 fully saturated rings. The molecule has 2 aliphatic rings. The fourth-order valence-electron chi connectivity index (χ4n) is 3.97. The van der Waals surface area contributed by atoms with E-state index < -0.39 is 0 Å². The molecule has 1 saturated carbocycles. The van der Waals surface area contributed by atoms with E-state index in [1.54, 1.807) is 17.8 Å². The molecule has 2 aromatic rings. The monoisotopic (exact) mass is 480 g/mol. The molecule has 172 valence electrons. The second-order valence-corrected chi connectivity index (χ2v) is 10.3. The number of nitrogens with zero attached hydrogens (tertiary/aromatic N) is 1. The number of halogens is 2. The van der Waals surface area contributed by atoms with Gasteiger partial charge in [0.1, 0.15) is 5.82 Å². The Hall–Kier alpha value is -2.30. The fraction of sp³-hybridized carbons (Fsp3) is 0.321. The van der Waals surface area contributed by atoms with Gasteiger partial charge in [0, 0.05) is 32.6 Å². The molecular formula is C28H30ClFN2S. The van der Waals surface area contributed by atoms with E-state index in [1.165, 1.54) is 35.7 Å². The maximum atomic E-state index is 14.2. The van der Waals surface area contributed by atoms with E-state index in [1.807, 2.05) is 32.1 Å². The lowest BCUT2D eigenvalue weighted by atomic mass is 9.88. The van der Waals surface area contributed by atoms with Crippen molar-refractivity contribution in [3.8, 4) is 0 Å². The molecule has 1 heterocycles. The fourth-order valence-corrected chi connectivity index (χ4v) is 5.01. The number of hydrogen-bond acceptors (Lipinski definition) is 3. The molecule has 0 radical (unpaired) electrons. The summed E-state index contributed by atoms with van der Waals surface area (Å²) in [6, 6.07) is 11.5. The standard InChI is InChI=1S/C28H30ClFN2S/c1-4-5-15-31-28(20-7-6-8-20)21-11-13-26-24(16-21)32-27(18(2)9-10-19(3)29)23-17-22(30)12-14-25(23)33-26/h9-14,16-17,31H,4-8,15H2,1-3H3/b18-9+,19-10+. The molecule has 0 saturated heterocycles. The number of nitrogens with one attached hydrogen (secondary N) is 1. The molecule has 4 rings (SSSR count). The Morgan fingerprint density at radius 1 is 1.12 bits per heavy atom. The number of allylic oxidation sites excluding steroid dienone is 5. The van der Waals surface area contributed by atoms with E-state index in [0.717, 1.165) is 58.1 Å². The first-order chi connectivity index (χ1) is 16.0. The largest absolute Gasteiger partial charge is 0.385 e. The third kappa shape index (κ3) is 5.62. The van der Waals surface area contributed by atoms with E-state index >= 15 is 0 Å². The summed E-state index contributed by atoms with van der Waals surface area (Å²) >= 11 is 7.70. The Balaban J connectivity index is 1.82. The van der Waals surface area contributed by atoms with Crippen molar-refractivity contribution in [2.45, 2.75) is 62.7 Å². The molecule has 1 N–H and O–H groups in total. The van der Waals surface area contributed by atoms with Gasteiger partial charge in [-0.2, -0.15) is 0 Å². The van der Waals surface area contributed by atoms with Crippen LogP contribution in [0.2, 0.25) is 0 Å². The molecule has 1 aliphatic carbocycles. The number of aliphatic imine (C=N–C) groups is 1. The lowest BCUT2D eigenvalue weighted by Crippen LogP contribution is -2.18. The summed E-state index contributed by atoms with van der Waals surface area (Å²) in [5.41, 5.74) is 7.39. The zero-order valence-electron chi connectivity index (χ0n) is 19.5. The van der Waals surface area contributed by atoms with Gasteiger partial charge in [-0.3, -0.25) is 0 Å². The van der Waals surface area contributed by atoms with Crippen molar-refractivity contribution in [1.82, 2.24) is 5.32 Å². The van der Waals surface area contributed by atoms with Crippen molar-refractivity contribution in [3.63, 3.8) is 0 Å². The number of unbranched alkanes of at least 4 members (excludes halogenated alkanes) is 1. The molecule has 0 spiro atoms. The minimum absolute atomic E-state index is 0.261. The number of fused-ring (bicyclic) bond motifs is 2. The molecule has 0 atom stereocenters. The highest BCUT2D eigenvalue weighted by atomic mass is 35.5. The molecule has 2 nitrogen and oxygen atoms in total. The first-order valence-electron chi connectivity index (χ1n) is 11.6. The Labute approximate surface area is 205 Å². The van der Waals surface area contributed by atoms with Gasteiger partial charge in [-0.15, -0.1) is 0 Å². The van der Waals surface area contributed by atoms with Gasteiger partial charge in [-0.05, 0) is 92.6 Å². The summed E-state index contributed by atoms with van der Waals surface area (Å²) in [5.74, 6) is -0.261. The van der Waals surface area contributed by atoms with Crippen LogP contribution in [0.4, 0.5) is 10.1 Å². The molecule has 33 heavy (non-hydrogen) atoms. The summed E-state index contributed by atoms with van der Waals surface area (Å²) in [4.78, 5) is 7.15. The average Bonchev–Trinajstić information content (AvgIpc) is 2.91. The normalized spacial score (nSPS) is 15.8. The van der Waals surface area contributed by atoms with Crippen LogP contribution in [0.15, 0.2) is 79.5 Å². The van der Waals surface area contributed by atoms with Crippen LogP contribution in [0.1, 0.15) is 64.0 Å². The van der Waals surface area contributed by atoms with Crippen LogP contribution < -0.4 is 5.32 Å². The number of rotatable bonds is 7. The lowest BCUT2D eigenvalue weighted by molar-refractivity contribution is 0.626. The molecule has 5 heteroatoms. The summed E-state index contributed by atoms with van der Waals surface area (Å²) in [6.45, 7) is 7.03. The van der Waals surface area contributed by atoms with Crippen molar-refractivity contribution in [2.24, 2.45) is 4.99 Å². The topological polar surface area (TPSA) is 24.4 Å². The second kappa shape index (κ2) is 10.8. The second-order valence-electron chi connectivity index (χ2n) is 8.60. The van der Waals surface area contributed by atoms with E-state index in [9.17, 15) is 4.39 Å². The molecule has 0 unspecified atom stereocenters. The summed E-state index contributed by atoms with van der Waals surface area (Å²) in [5, 5.41) is 4.38. The van der Waals surface area contributed by atoms with Gasteiger partial charge in [-0.25, -0.2) is 9.38 Å². The van der Waals surface area contributed by atoms with E-state index in [0.29, 0.717) is 5.03 Å². The Morgan fingerprint density at radius 3 is 2.61 bits per heavy atom. The van der Waals surface area contributed by atoms with Crippen LogP contribution in [0.5, 0.6) is 0 Å². The minimum Gasteiger partial charge on any atom is -0.385 e. The van der Waals surface area contributed by atoms with Crippen LogP contribution in [-0.2, 0) is 0 Å². The Morgan fingerprint density at radius 2 is 1.91 bits per heavy atom. The zero-order valence-corrected chi connectivity index (χ0v) is 21.0. The molecule has 0 aromatic heterocycles. The molecule has 2 aromatic carbocycles. The minimum atomic E-state index is -0.261.